The first kappa shape index (κ1) is 26.5. The summed E-state index contributed by atoms with van der Waals surface area (Å²) < 4.78 is 25.7. The van der Waals surface area contributed by atoms with Crippen molar-refractivity contribution >= 4 is 11.9 Å². The Balaban J connectivity index is 1.35. The Morgan fingerprint density at radius 2 is 1.82 bits per heavy atom. The number of imidazole rings is 1. The molecule has 3 heterocycles. The first-order valence-corrected chi connectivity index (χ1v) is 12.9. The molecule has 1 saturated heterocycles. The average molecular weight is 531 g/mol. The van der Waals surface area contributed by atoms with Gasteiger partial charge in [-0.25, -0.2) is 19.3 Å². The van der Waals surface area contributed by atoms with E-state index in [9.17, 15) is 9.18 Å². The van der Waals surface area contributed by atoms with Gasteiger partial charge in [0.25, 0.3) is 0 Å². The number of hydrogen-bond acceptors (Lipinski definition) is 7. The van der Waals surface area contributed by atoms with Gasteiger partial charge in [-0.05, 0) is 49.2 Å². The Hall–Kier alpha value is -4.15. The van der Waals surface area contributed by atoms with E-state index in [-0.39, 0.29) is 24.9 Å². The van der Waals surface area contributed by atoms with E-state index in [2.05, 4.69) is 32.5 Å². The van der Waals surface area contributed by atoms with Gasteiger partial charge in [-0.3, -0.25) is 4.79 Å². The van der Waals surface area contributed by atoms with Crippen LogP contribution in [0.15, 0.2) is 66.9 Å². The number of H-pyrrole nitrogens is 1. The lowest BCUT2D eigenvalue weighted by molar-refractivity contribution is -0.231. The molecule has 0 aliphatic carbocycles. The third kappa shape index (κ3) is 6.13. The molecule has 39 heavy (non-hydrogen) atoms. The maximum absolute atomic E-state index is 13.7. The summed E-state index contributed by atoms with van der Waals surface area (Å²) >= 11 is 0. The number of benzene rings is 2. The number of anilines is 1. The highest BCUT2D eigenvalue weighted by molar-refractivity contribution is 5.82. The van der Waals surface area contributed by atoms with Crippen molar-refractivity contribution in [3.8, 4) is 22.6 Å². The van der Waals surface area contributed by atoms with Gasteiger partial charge >= 0.3 is 0 Å². The molecule has 0 spiro atoms. The highest BCUT2D eigenvalue weighted by Gasteiger charge is 2.40. The number of nitrogens with zero attached hydrogens (tertiary/aromatic N) is 3. The third-order valence-electron chi connectivity index (χ3n) is 6.46. The summed E-state index contributed by atoms with van der Waals surface area (Å²) in [4.78, 5) is 29.9. The summed E-state index contributed by atoms with van der Waals surface area (Å²) in [6.07, 6.45) is 1.79. The van der Waals surface area contributed by atoms with Gasteiger partial charge in [-0.2, -0.15) is 0 Å². The maximum Gasteiger partial charge on any atom is 0.230 e. The summed E-state index contributed by atoms with van der Waals surface area (Å²) in [5.41, 5.74) is 2.68. The molecule has 2 aromatic carbocycles. The molecular weight excluding hydrogens is 499 g/mol. The van der Waals surface area contributed by atoms with Crippen molar-refractivity contribution in [3.05, 3.63) is 84.1 Å². The molecule has 0 radical (unpaired) electrons. The smallest absolute Gasteiger partial charge is 0.230 e. The zero-order valence-corrected chi connectivity index (χ0v) is 21.9. The molecule has 202 valence electrons. The molecule has 1 aliphatic rings. The Labute approximate surface area is 226 Å². The quantitative estimate of drug-likeness (QED) is 0.283. The van der Waals surface area contributed by atoms with Crippen molar-refractivity contribution in [1.82, 2.24) is 25.3 Å². The van der Waals surface area contributed by atoms with E-state index in [1.54, 1.807) is 24.4 Å². The second kappa shape index (κ2) is 11.7. The number of amides is 1. The van der Waals surface area contributed by atoms with Crippen LogP contribution < -0.4 is 10.6 Å². The number of ether oxygens (including phenoxy) is 2. The SMILES string of the molecule is CCCNc1nccc(-c2[nH]c(C3OCC(C)(C(=O)NCc4ccccc4)CO3)nc2-c2ccc(F)cc2)n1. The lowest BCUT2D eigenvalue weighted by atomic mass is 9.91. The lowest BCUT2D eigenvalue weighted by Crippen LogP contribution is -2.48. The number of hydrogen-bond donors (Lipinski definition) is 3. The van der Waals surface area contributed by atoms with Gasteiger partial charge in [-0.1, -0.05) is 37.3 Å². The van der Waals surface area contributed by atoms with E-state index in [1.165, 1.54) is 12.1 Å². The van der Waals surface area contributed by atoms with E-state index in [1.807, 2.05) is 37.3 Å². The first-order valence-electron chi connectivity index (χ1n) is 12.9. The summed E-state index contributed by atoms with van der Waals surface area (Å²) in [6, 6.07) is 17.6. The number of aromatic nitrogens is 4. The molecule has 2 aromatic heterocycles. The van der Waals surface area contributed by atoms with Gasteiger partial charge < -0.3 is 25.1 Å². The number of halogens is 1. The zero-order valence-electron chi connectivity index (χ0n) is 21.9. The van der Waals surface area contributed by atoms with Crippen LogP contribution in [-0.4, -0.2) is 45.6 Å². The van der Waals surface area contributed by atoms with Crippen LogP contribution in [0.2, 0.25) is 0 Å². The van der Waals surface area contributed by atoms with Gasteiger partial charge in [0, 0.05) is 24.8 Å². The Morgan fingerprint density at radius 3 is 2.54 bits per heavy atom. The maximum atomic E-state index is 13.7. The number of aromatic amines is 1. The molecule has 9 nitrogen and oxygen atoms in total. The number of carbonyl (C=O) groups is 1. The lowest BCUT2D eigenvalue weighted by Gasteiger charge is -2.35. The van der Waals surface area contributed by atoms with Crippen molar-refractivity contribution in [3.63, 3.8) is 0 Å². The third-order valence-corrected chi connectivity index (χ3v) is 6.46. The fourth-order valence-electron chi connectivity index (χ4n) is 4.21. The highest BCUT2D eigenvalue weighted by Crippen LogP contribution is 2.35. The normalized spacial score (nSPS) is 19.0. The number of carbonyl (C=O) groups excluding carboxylic acids is 1. The van der Waals surface area contributed by atoms with E-state index in [0.29, 0.717) is 41.0 Å². The highest BCUT2D eigenvalue weighted by atomic mass is 19.1. The summed E-state index contributed by atoms with van der Waals surface area (Å²) in [6.45, 7) is 5.34. The van der Waals surface area contributed by atoms with Crippen molar-refractivity contribution in [2.24, 2.45) is 5.41 Å². The fraction of sp³-hybridized carbons (Fsp3) is 0.310. The largest absolute Gasteiger partial charge is 0.354 e. The second-order valence-electron chi connectivity index (χ2n) is 9.73. The van der Waals surface area contributed by atoms with Crippen molar-refractivity contribution in [1.29, 1.82) is 0 Å². The van der Waals surface area contributed by atoms with Gasteiger partial charge in [0.15, 0.2) is 5.82 Å². The molecule has 0 bridgehead atoms. The minimum absolute atomic E-state index is 0.148. The van der Waals surface area contributed by atoms with Crippen LogP contribution in [0, 0.1) is 11.2 Å². The van der Waals surface area contributed by atoms with Crippen LogP contribution >= 0.6 is 0 Å². The number of nitrogens with one attached hydrogen (secondary N) is 3. The Kier molecular flexibility index (Phi) is 7.94. The van der Waals surface area contributed by atoms with Crippen molar-refractivity contribution < 1.29 is 18.7 Å². The van der Waals surface area contributed by atoms with Crippen LogP contribution in [0.5, 0.6) is 0 Å². The van der Waals surface area contributed by atoms with E-state index < -0.39 is 11.7 Å². The van der Waals surface area contributed by atoms with Gasteiger partial charge in [-0.15, -0.1) is 0 Å². The van der Waals surface area contributed by atoms with E-state index in [4.69, 9.17) is 14.5 Å². The monoisotopic (exact) mass is 530 g/mol. The topological polar surface area (TPSA) is 114 Å². The summed E-state index contributed by atoms with van der Waals surface area (Å²) in [5.74, 6) is 0.439. The molecule has 5 rings (SSSR count). The molecule has 0 atom stereocenters. The van der Waals surface area contributed by atoms with E-state index >= 15 is 0 Å². The van der Waals surface area contributed by atoms with Gasteiger partial charge in [0.2, 0.25) is 18.1 Å². The Bertz CT molecular complexity index is 1400. The zero-order chi connectivity index (χ0) is 27.2. The van der Waals surface area contributed by atoms with Crippen LogP contribution in [-0.2, 0) is 20.8 Å². The van der Waals surface area contributed by atoms with Crippen LogP contribution in [0.4, 0.5) is 10.3 Å². The summed E-state index contributed by atoms with van der Waals surface area (Å²) in [5, 5.41) is 6.16. The molecule has 0 saturated carbocycles. The Morgan fingerprint density at radius 1 is 1.08 bits per heavy atom. The minimum atomic E-state index is -0.854. The summed E-state index contributed by atoms with van der Waals surface area (Å²) in [7, 11) is 0. The molecule has 10 heteroatoms. The first-order chi connectivity index (χ1) is 18.9. The molecule has 0 unspecified atom stereocenters. The van der Waals surface area contributed by atoms with Gasteiger partial charge in [0.05, 0.1) is 35.7 Å². The molecule has 1 amide bonds. The van der Waals surface area contributed by atoms with E-state index in [0.717, 1.165) is 18.5 Å². The van der Waals surface area contributed by atoms with Crippen LogP contribution in [0.25, 0.3) is 22.6 Å². The molecular formula is C29H31FN6O3. The van der Waals surface area contributed by atoms with Crippen LogP contribution in [0.3, 0.4) is 0 Å². The molecule has 1 fully saturated rings. The predicted molar refractivity (Wildman–Crippen MR) is 145 cm³/mol. The molecule has 3 N–H and O–H groups in total. The van der Waals surface area contributed by atoms with Crippen molar-refractivity contribution in [2.75, 3.05) is 25.1 Å². The number of rotatable bonds is 9. The second-order valence-corrected chi connectivity index (χ2v) is 9.73. The standard InChI is InChI=1S/C29H31FN6O3/c1-3-14-31-28-32-15-13-22(34-28)24-23(20-9-11-21(30)12-10-20)35-25(36-24)26-38-17-29(2,18-39-26)27(37)33-16-19-7-5-4-6-8-19/h4-13,15,26H,3,14,16-18H2,1-2H3,(H,33,37)(H,35,36)(H,31,32,34). The van der Waals surface area contributed by atoms with Gasteiger partial charge in [0.1, 0.15) is 5.82 Å². The molecule has 1 aliphatic heterocycles. The minimum Gasteiger partial charge on any atom is -0.354 e. The molecule has 4 aromatic rings. The van der Waals surface area contributed by atoms with Crippen molar-refractivity contribution in [2.45, 2.75) is 33.1 Å². The fourth-order valence-corrected chi connectivity index (χ4v) is 4.21. The van der Waals surface area contributed by atoms with Crippen LogP contribution in [0.1, 0.15) is 37.9 Å². The predicted octanol–water partition coefficient (Wildman–Crippen LogP) is 4.86. The average Bonchev–Trinajstić information content (AvgIpc) is 3.42.